The molecule has 0 spiro atoms. The lowest BCUT2D eigenvalue weighted by molar-refractivity contribution is 0.0965. The molecule has 0 radical (unpaired) electrons. The van der Waals surface area contributed by atoms with Crippen molar-refractivity contribution < 1.29 is 14.3 Å². The van der Waals surface area contributed by atoms with E-state index in [1.807, 2.05) is 6.92 Å². The minimum atomic E-state index is -0.00452. The Balaban J connectivity index is 1.28. The van der Waals surface area contributed by atoms with Crippen molar-refractivity contribution >= 4 is 11.7 Å². The predicted octanol–water partition coefficient (Wildman–Crippen LogP) is 2.41. The van der Waals surface area contributed by atoms with Crippen molar-refractivity contribution in [1.82, 2.24) is 15.3 Å². The van der Waals surface area contributed by atoms with E-state index in [0.29, 0.717) is 19.8 Å². The average Bonchev–Trinajstić information content (AvgIpc) is 3.31. The maximum absolute atomic E-state index is 12.0. The second-order valence-electron chi connectivity index (χ2n) is 7.76. The monoisotopic (exact) mass is 380 g/mol. The molecule has 0 aliphatic carbocycles. The Kier molecular flexibility index (Phi) is 4.19. The molecule has 7 heteroatoms. The number of rotatable bonds is 3. The van der Waals surface area contributed by atoms with Gasteiger partial charge in [0, 0.05) is 31.5 Å². The highest BCUT2D eigenvalue weighted by atomic mass is 16.5. The third-order valence-electron chi connectivity index (χ3n) is 6.02. The number of anilines is 1. The Morgan fingerprint density at radius 3 is 2.82 bits per heavy atom. The minimum Gasteiger partial charge on any atom is -0.489 e. The number of fused-ring (bicyclic) bond motifs is 2. The molecule has 2 aromatic rings. The van der Waals surface area contributed by atoms with Crippen molar-refractivity contribution in [2.45, 2.75) is 52.6 Å². The van der Waals surface area contributed by atoms with Crippen molar-refractivity contribution in [2.75, 3.05) is 18.0 Å². The summed E-state index contributed by atoms with van der Waals surface area (Å²) in [5.41, 5.74) is 5.91. The lowest BCUT2D eigenvalue weighted by Crippen LogP contribution is -2.39. The van der Waals surface area contributed by atoms with Gasteiger partial charge in [-0.25, -0.2) is 4.98 Å². The van der Waals surface area contributed by atoms with Crippen LogP contribution in [0, 0.1) is 13.8 Å². The molecule has 5 rings (SSSR count). The summed E-state index contributed by atoms with van der Waals surface area (Å²) in [5, 5.41) is 2.88. The van der Waals surface area contributed by atoms with E-state index in [1.54, 1.807) is 6.20 Å². The Bertz CT molecular complexity index is 951. The van der Waals surface area contributed by atoms with Crippen LogP contribution in [-0.4, -0.2) is 35.1 Å². The normalized spacial score (nSPS) is 18.8. The van der Waals surface area contributed by atoms with Gasteiger partial charge < -0.3 is 19.7 Å². The van der Waals surface area contributed by atoms with E-state index in [-0.39, 0.29) is 12.0 Å². The van der Waals surface area contributed by atoms with Crippen LogP contribution in [-0.2, 0) is 24.5 Å². The van der Waals surface area contributed by atoms with E-state index < -0.39 is 0 Å². The van der Waals surface area contributed by atoms with E-state index >= 15 is 0 Å². The average molecular weight is 380 g/mol. The smallest absolute Gasteiger partial charge is 0.253 e. The number of piperidine rings is 1. The molecule has 5 heterocycles. The Hall–Kier alpha value is -2.67. The van der Waals surface area contributed by atoms with Crippen LogP contribution in [0.2, 0.25) is 0 Å². The number of ether oxygens (including phenoxy) is 2. The van der Waals surface area contributed by atoms with Crippen LogP contribution in [0.4, 0.5) is 5.82 Å². The number of amides is 1. The van der Waals surface area contributed by atoms with E-state index in [0.717, 1.165) is 71.1 Å². The second kappa shape index (κ2) is 6.74. The van der Waals surface area contributed by atoms with Crippen molar-refractivity contribution in [3.8, 4) is 5.75 Å². The fourth-order valence-electron chi connectivity index (χ4n) is 4.30. The van der Waals surface area contributed by atoms with Gasteiger partial charge in [0.05, 0.1) is 42.9 Å². The molecular formula is C21H24N4O3. The standard InChI is InChI=1S/C21H24N4O3/c1-12-13(2)20(24-17-9-23-21(26)19(12)17)25-5-3-15(4-6-25)28-16-7-14-10-27-11-18(14)22-8-16/h7-8,15H,3-6,9-11H2,1-2H3,(H,23,26). The van der Waals surface area contributed by atoms with Crippen LogP contribution in [0.3, 0.4) is 0 Å². The van der Waals surface area contributed by atoms with E-state index in [9.17, 15) is 4.79 Å². The molecule has 0 bridgehead atoms. The summed E-state index contributed by atoms with van der Waals surface area (Å²) in [4.78, 5) is 23.6. The first-order valence-electron chi connectivity index (χ1n) is 9.85. The molecule has 1 N–H and O–H groups in total. The first kappa shape index (κ1) is 17.4. The third kappa shape index (κ3) is 2.90. The molecule has 0 atom stereocenters. The van der Waals surface area contributed by atoms with Gasteiger partial charge >= 0.3 is 0 Å². The zero-order chi connectivity index (χ0) is 19.3. The molecule has 3 aliphatic heterocycles. The Morgan fingerprint density at radius 2 is 2.00 bits per heavy atom. The molecule has 1 fully saturated rings. The quantitative estimate of drug-likeness (QED) is 0.881. The molecule has 146 valence electrons. The largest absolute Gasteiger partial charge is 0.489 e. The number of nitrogens with zero attached hydrogens (tertiary/aromatic N) is 3. The van der Waals surface area contributed by atoms with Crippen LogP contribution >= 0.6 is 0 Å². The molecule has 2 aromatic heterocycles. The van der Waals surface area contributed by atoms with E-state index in [4.69, 9.17) is 14.5 Å². The number of nitrogens with one attached hydrogen (secondary N) is 1. The first-order chi connectivity index (χ1) is 13.6. The molecule has 1 saturated heterocycles. The molecule has 7 nitrogen and oxygen atoms in total. The second-order valence-corrected chi connectivity index (χ2v) is 7.76. The lowest BCUT2D eigenvalue weighted by atomic mass is 10.0. The number of hydrogen-bond donors (Lipinski definition) is 1. The van der Waals surface area contributed by atoms with Gasteiger partial charge in [0.15, 0.2) is 0 Å². The highest BCUT2D eigenvalue weighted by Crippen LogP contribution is 2.31. The van der Waals surface area contributed by atoms with Crippen LogP contribution in [0.15, 0.2) is 12.3 Å². The number of hydrogen-bond acceptors (Lipinski definition) is 6. The van der Waals surface area contributed by atoms with Crippen molar-refractivity contribution in [3.05, 3.63) is 45.9 Å². The number of pyridine rings is 2. The van der Waals surface area contributed by atoms with Gasteiger partial charge in [-0.2, -0.15) is 0 Å². The molecule has 3 aliphatic rings. The SMILES string of the molecule is Cc1c(N2CCC(Oc3cnc4c(c3)COC4)CC2)nc2c(c1C)C(=O)NC2. The minimum absolute atomic E-state index is 0.00452. The summed E-state index contributed by atoms with van der Waals surface area (Å²) in [5.74, 6) is 1.83. The van der Waals surface area contributed by atoms with E-state index in [1.165, 1.54) is 0 Å². The van der Waals surface area contributed by atoms with Crippen LogP contribution in [0.5, 0.6) is 5.75 Å². The number of carbonyl (C=O) groups excluding carboxylic acids is 1. The lowest BCUT2D eigenvalue weighted by Gasteiger charge is -2.34. The van der Waals surface area contributed by atoms with Crippen LogP contribution < -0.4 is 15.0 Å². The summed E-state index contributed by atoms with van der Waals surface area (Å²) in [6, 6.07) is 2.06. The highest BCUT2D eigenvalue weighted by Gasteiger charge is 2.29. The predicted molar refractivity (Wildman–Crippen MR) is 103 cm³/mol. The summed E-state index contributed by atoms with van der Waals surface area (Å²) in [6.07, 6.45) is 3.85. The molecule has 0 saturated carbocycles. The fraction of sp³-hybridized carbons (Fsp3) is 0.476. The topological polar surface area (TPSA) is 76.6 Å². The summed E-state index contributed by atoms with van der Waals surface area (Å²) in [6.45, 7) is 7.60. The number of aromatic nitrogens is 2. The summed E-state index contributed by atoms with van der Waals surface area (Å²) < 4.78 is 11.6. The van der Waals surface area contributed by atoms with Crippen molar-refractivity contribution in [2.24, 2.45) is 0 Å². The molecule has 0 aromatic carbocycles. The zero-order valence-electron chi connectivity index (χ0n) is 16.2. The van der Waals surface area contributed by atoms with Gasteiger partial charge in [-0.3, -0.25) is 9.78 Å². The molecule has 1 amide bonds. The third-order valence-corrected chi connectivity index (χ3v) is 6.02. The maximum atomic E-state index is 12.0. The molecule has 28 heavy (non-hydrogen) atoms. The van der Waals surface area contributed by atoms with Gasteiger partial charge in [0.1, 0.15) is 17.7 Å². The fourth-order valence-corrected chi connectivity index (χ4v) is 4.30. The van der Waals surface area contributed by atoms with E-state index in [2.05, 4.69) is 28.2 Å². The van der Waals surface area contributed by atoms with Gasteiger partial charge in [-0.15, -0.1) is 0 Å². The molecular weight excluding hydrogens is 356 g/mol. The van der Waals surface area contributed by atoms with Crippen molar-refractivity contribution in [1.29, 1.82) is 0 Å². The zero-order valence-corrected chi connectivity index (χ0v) is 16.2. The van der Waals surface area contributed by atoms with Crippen LogP contribution in [0.25, 0.3) is 0 Å². The van der Waals surface area contributed by atoms with Crippen molar-refractivity contribution in [3.63, 3.8) is 0 Å². The van der Waals surface area contributed by atoms with Gasteiger partial charge in [-0.1, -0.05) is 0 Å². The maximum Gasteiger partial charge on any atom is 0.253 e. The van der Waals surface area contributed by atoms with Gasteiger partial charge in [-0.05, 0) is 31.0 Å². The number of carbonyl (C=O) groups is 1. The van der Waals surface area contributed by atoms with Gasteiger partial charge in [0.2, 0.25) is 0 Å². The first-order valence-corrected chi connectivity index (χ1v) is 9.85. The Labute approximate surface area is 164 Å². The Morgan fingerprint density at radius 1 is 1.18 bits per heavy atom. The van der Waals surface area contributed by atoms with Crippen LogP contribution in [0.1, 0.15) is 51.3 Å². The van der Waals surface area contributed by atoms with Gasteiger partial charge in [0.25, 0.3) is 5.91 Å². The highest BCUT2D eigenvalue weighted by molar-refractivity contribution is 5.99. The summed E-state index contributed by atoms with van der Waals surface area (Å²) in [7, 11) is 0. The molecule has 0 unspecified atom stereocenters. The summed E-state index contributed by atoms with van der Waals surface area (Å²) >= 11 is 0.